The van der Waals surface area contributed by atoms with Gasteiger partial charge >= 0.3 is 0 Å². The number of unbranched alkanes of at least 4 members (excludes halogenated alkanes) is 1. The topological polar surface area (TPSA) is 133 Å². The third-order valence-corrected chi connectivity index (χ3v) is 4.63. The van der Waals surface area contributed by atoms with Crippen molar-refractivity contribution in [1.29, 1.82) is 0 Å². The summed E-state index contributed by atoms with van der Waals surface area (Å²) in [4.78, 5) is 17.4. The smallest absolute Gasteiger partial charge is 0.183 e. The SMILES string of the molecule is C.CCCCc1nc(NC)c2nnn(C)c2n1.CN=C1NC(C)=NC2C1N=NN2C. The van der Waals surface area contributed by atoms with Crippen LogP contribution in [-0.4, -0.2) is 75.0 Å². The van der Waals surface area contributed by atoms with Crippen LogP contribution >= 0.6 is 0 Å². The molecule has 0 saturated carbocycles. The summed E-state index contributed by atoms with van der Waals surface area (Å²) in [5, 5.41) is 23.9. The van der Waals surface area contributed by atoms with Crippen LogP contribution in [0.3, 0.4) is 0 Å². The molecule has 0 radical (unpaired) electrons. The van der Waals surface area contributed by atoms with Crippen molar-refractivity contribution in [2.75, 3.05) is 26.5 Å². The maximum Gasteiger partial charge on any atom is 0.183 e. The van der Waals surface area contributed by atoms with Crippen molar-refractivity contribution in [3.8, 4) is 0 Å². The van der Waals surface area contributed by atoms with Crippen LogP contribution < -0.4 is 10.6 Å². The third kappa shape index (κ3) is 4.69. The Morgan fingerprint density at radius 3 is 2.67 bits per heavy atom. The molecule has 2 atom stereocenters. The highest BCUT2D eigenvalue weighted by Gasteiger charge is 2.37. The number of aromatic nitrogens is 5. The van der Waals surface area contributed by atoms with Crippen LogP contribution in [0.5, 0.6) is 0 Å². The Balaban J connectivity index is 0.000000211. The number of anilines is 1. The van der Waals surface area contributed by atoms with Gasteiger partial charge in [-0.15, -0.1) is 5.10 Å². The molecule has 0 aromatic carbocycles. The van der Waals surface area contributed by atoms with E-state index in [0.717, 1.165) is 53.7 Å². The van der Waals surface area contributed by atoms with E-state index >= 15 is 0 Å². The fraction of sp³-hybridized carbons (Fsp3) is 0.667. The van der Waals surface area contributed by atoms with E-state index in [4.69, 9.17) is 0 Å². The number of fused-ring (bicyclic) bond motifs is 2. The van der Waals surface area contributed by atoms with Crippen molar-refractivity contribution in [1.82, 2.24) is 35.3 Å². The van der Waals surface area contributed by atoms with E-state index in [2.05, 4.69) is 58.2 Å². The normalized spacial score (nSPS) is 20.8. The summed E-state index contributed by atoms with van der Waals surface area (Å²) in [5.74, 6) is 3.31. The Bertz CT molecular complexity index is 944. The molecule has 0 aliphatic carbocycles. The average Bonchev–Trinajstić information content (AvgIpc) is 3.29. The molecule has 2 aromatic heterocycles. The largest absolute Gasteiger partial charge is 0.371 e. The number of amidine groups is 2. The Labute approximate surface area is 177 Å². The lowest BCUT2D eigenvalue weighted by Crippen LogP contribution is -2.49. The Morgan fingerprint density at radius 1 is 1.23 bits per heavy atom. The van der Waals surface area contributed by atoms with Gasteiger partial charge in [-0.1, -0.05) is 31.2 Å². The van der Waals surface area contributed by atoms with E-state index in [1.54, 1.807) is 16.7 Å². The number of nitrogens with zero attached hydrogens (tertiary/aromatic N) is 10. The number of aliphatic imine (C=N–C) groups is 2. The van der Waals surface area contributed by atoms with Gasteiger partial charge in [0, 0.05) is 34.6 Å². The first-order valence-corrected chi connectivity index (χ1v) is 9.64. The lowest BCUT2D eigenvalue weighted by atomic mass is 10.2. The molecule has 30 heavy (non-hydrogen) atoms. The van der Waals surface area contributed by atoms with Crippen LogP contribution in [0.25, 0.3) is 11.2 Å². The predicted octanol–water partition coefficient (Wildman–Crippen LogP) is 1.82. The van der Waals surface area contributed by atoms with Crippen molar-refractivity contribution in [3.05, 3.63) is 5.82 Å². The molecule has 4 heterocycles. The lowest BCUT2D eigenvalue weighted by molar-refractivity contribution is 0.289. The number of likely N-dealkylation sites (N-methyl/N-ethyl adjacent to an activating group) is 1. The summed E-state index contributed by atoms with van der Waals surface area (Å²) in [7, 11) is 7.28. The van der Waals surface area contributed by atoms with Crippen LogP contribution in [0.4, 0.5) is 5.82 Å². The standard InChI is InChI=1S/C10H16N6.C7H12N6.CH4/c1-4-5-6-7-12-9(11-2)8-10(13-7)16(3)15-14-8;1-4-9-6(8-2)5-7(10-4)13(3)12-11-5;/h4-6H2,1-3H3,(H,11,12,13);5,7H,1-3H3,(H,8,9,10);1H4. The van der Waals surface area contributed by atoms with Gasteiger partial charge < -0.3 is 10.6 Å². The van der Waals surface area contributed by atoms with Crippen LogP contribution in [-0.2, 0) is 13.5 Å². The van der Waals surface area contributed by atoms with Crippen molar-refractivity contribution in [2.24, 2.45) is 27.4 Å². The molecule has 164 valence electrons. The van der Waals surface area contributed by atoms with Gasteiger partial charge in [-0.05, 0) is 13.3 Å². The summed E-state index contributed by atoms with van der Waals surface area (Å²) in [5.41, 5.74) is 1.51. The van der Waals surface area contributed by atoms with Crippen molar-refractivity contribution < 1.29 is 0 Å². The molecule has 2 aliphatic rings. The van der Waals surface area contributed by atoms with Gasteiger partial charge in [-0.25, -0.2) is 19.6 Å². The molecule has 0 amide bonds. The van der Waals surface area contributed by atoms with E-state index in [-0.39, 0.29) is 19.6 Å². The van der Waals surface area contributed by atoms with Crippen molar-refractivity contribution in [3.63, 3.8) is 0 Å². The highest BCUT2D eigenvalue weighted by Crippen LogP contribution is 2.20. The number of rotatable bonds is 4. The van der Waals surface area contributed by atoms with Gasteiger partial charge in [0.15, 0.2) is 29.2 Å². The van der Waals surface area contributed by atoms with Crippen LogP contribution in [0, 0.1) is 0 Å². The second-order valence-electron chi connectivity index (χ2n) is 6.81. The summed E-state index contributed by atoms with van der Waals surface area (Å²) in [6.45, 7) is 4.07. The zero-order chi connectivity index (χ0) is 21.0. The van der Waals surface area contributed by atoms with Gasteiger partial charge in [0.25, 0.3) is 0 Å². The summed E-state index contributed by atoms with van der Waals surface area (Å²) < 4.78 is 1.67. The van der Waals surface area contributed by atoms with E-state index in [1.807, 2.05) is 28.1 Å². The summed E-state index contributed by atoms with van der Waals surface area (Å²) in [6.07, 6.45) is 3.12. The summed E-state index contributed by atoms with van der Waals surface area (Å²) >= 11 is 0. The van der Waals surface area contributed by atoms with Crippen LogP contribution in [0.15, 0.2) is 20.3 Å². The third-order valence-electron chi connectivity index (χ3n) is 4.63. The molecule has 2 aliphatic heterocycles. The molecule has 4 rings (SSSR count). The molecule has 2 N–H and O–H groups in total. The van der Waals surface area contributed by atoms with Gasteiger partial charge in [-0.2, -0.15) is 5.11 Å². The highest BCUT2D eigenvalue weighted by atomic mass is 15.6. The van der Waals surface area contributed by atoms with Crippen molar-refractivity contribution in [2.45, 2.75) is 52.7 Å². The van der Waals surface area contributed by atoms with Gasteiger partial charge in [0.05, 0.1) is 0 Å². The van der Waals surface area contributed by atoms with Gasteiger partial charge in [0.2, 0.25) is 0 Å². The maximum atomic E-state index is 4.47. The van der Waals surface area contributed by atoms with Crippen LogP contribution in [0.2, 0.25) is 0 Å². The monoisotopic (exact) mass is 416 g/mol. The van der Waals surface area contributed by atoms with Gasteiger partial charge in [-0.3, -0.25) is 10.0 Å². The molecule has 12 heteroatoms. The minimum atomic E-state index is -0.0568. The number of nitrogens with one attached hydrogen (secondary N) is 2. The predicted molar refractivity (Wildman–Crippen MR) is 119 cm³/mol. The van der Waals surface area contributed by atoms with E-state index < -0.39 is 0 Å². The molecule has 2 aromatic rings. The number of aryl methyl sites for hydroxylation is 2. The first-order chi connectivity index (χ1) is 14.0. The molecule has 12 nitrogen and oxygen atoms in total. The Hall–Kier alpha value is -3.18. The van der Waals surface area contributed by atoms with Crippen LogP contribution in [0.1, 0.15) is 39.9 Å². The number of hydrogen-bond donors (Lipinski definition) is 2. The minimum Gasteiger partial charge on any atom is -0.371 e. The molecule has 0 spiro atoms. The second kappa shape index (κ2) is 10.0. The van der Waals surface area contributed by atoms with Gasteiger partial charge in [0.1, 0.15) is 17.5 Å². The Kier molecular flexibility index (Phi) is 7.72. The molecule has 0 saturated heterocycles. The summed E-state index contributed by atoms with van der Waals surface area (Å²) in [6, 6.07) is -0.0568. The molecule has 0 fully saturated rings. The minimum absolute atomic E-state index is 0. The fourth-order valence-corrected chi connectivity index (χ4v) is 3.06. The Morgan fingerprint density at radius 2 is 2.00 bits per heavy atom. The fourth-order valence-electron chi connectivity index (χ4n) is 3.06. The highest BCUT2D eigenvalue weighted by molar-refractivity contribution is 6.04. The quantitative estimate of drug-likeness (QED) is 0.776. The van der Waals surface area contributed by atoms with Crippen molar-refractivity contribution >= 4 is 28.7 Å². The first kappa shape index (κ1) is 23.1. The van der Waals surface area contributed by atoms with E-state index in [0.29, 0.717) is 0 Å². The molecular weight excluding hydrogens is 384 g/mol. The first-order valence-electron chi connectivity index (χ1n) is 9.64. The molecule has 0 bridgehead atoms. The second-order valence-corrected chi connectivity index (χ2v) is 6.81. The maximum absolute atomic E-state index is 4.47. The van der Waals surface area contributed by atoms with E-state index in [1.165, 1.54) is 0 Å². The van der Waals surface area contributed by atoms with E-state index in [9.17, 15) is 0 Å². The number of hydrogen-bond acceptors (Lipinski definition) is 10. The zero-order valence-electron chi connectivity index (χ0n) is 17.7. The average molecular weight is 417 g/mol. The zero-order valence-corrected chi connectivity index (χ0v) is 17.7. The molecule has 2 unspecified atom stereocenters. The molecular formula is C18H32N12. The lowest BCUT2D eigenvalue weighted by Gasteiger charge is -2.25.